The van der Waals surface area contributed by atoms with E-state index in [1.54, 1.807) is 17.8 Å². The molecule has 2 aliphatic rings. The second-order valence-corrected chi connectivity index (χ2v) is 5.68. The Bertz CT molecular complexity index is 526. The van der Waals surface area contributed by atoms with Crippen LogP contribution < -0.4 is 5.43 Å². The average Bonchev–Trinajstić information content (AvgIpc) is 3.20. The fraction of sp³-hybridized carbons (Fsp3) is 0.385. The highest BCUT2D eigenvalue weighted by atomic mass is 32.2. The van der Waals surface area contributed by atoms with Crippen LogP contribution in [0.2, 0.25) is 0 Å². The predicted octanol–water partition coefficient (Wildman–Crippen LogP) is 2.55. The molecule has 1 aromatic carbocycles. The molecule has 1 aliphatic carbocycles. The van der Waals surface area contributed by atoms with E-state index < -0.39 is 0 Å². The van der Waals surface area contributed by atoms with Crippen LogP contribution in [0.3, 0.4) is 0 Å². The van der Waals surface area contributed by atoms with E-state index in [-0.39, 0.29) is 17.6 Å². The minimum absolute atomic E-state index is 0.0151. The van der Waals surface area contributed by atoms with Gasteiger partial charge in [0.15, 0.2) is 0 Å². The summed E-state index contributed by atoms with van der Waals surface area (Å²) in [7, 11) is 0. The van der Waals surface area contributed by atoms with Gasteiger partial charge >= 0.3 is 0 Å². The van der Waals surface area contributed by atoms with E-state index in [0.29, 0.717) is 0 Å². The van der Waals surface area contributed by atoms with Crippen molar-refractivity contribution < 1.29 is 9.18 Å². The van der Waals surface area contributed by atoms with Crippen LogP contribution >= 0.6 is 11.8 Å². The topological polar surface area (TPSA) is 41.5 Å². The molecule has 1 fully saturated rings. The zero-order valence-corrected chi connectivity index (χ0v) is 10.6. The van der Waals surface area contributed by atoms with E-state index in [9.17, 15) is 9.18 Å². The van der Waals surface area contributed by atoms with Gasteiger partial charge in [-0.25, -0.2) is 9.82 Å². The number of hydrogen-bond acceptors (Lipinski definition) is 3. The van der Waals surface area contributed by atoms with Gasteiger partial charge in [0.1, 0.15) is 5.82 Å². The molecule has 18 heavy (non-hydrogen) atoms. The van der Waals surface area contributed by atoms with Crippen molar-refractivity contribution in [1.29, 1.82) is 0 Å². The zero-order chi connectivity index (χ0) is 12.5. The third-order valence-electron chi connectivity index (χ3n) is 3.10. The molecule has 1 N–H and O–H groups in total. The molecule has 1 aromatic rings. The number of nitrogens with one attached hydrogen (secondary N) is 1. The lowest BCUT2D eigenvalue weighted by Gasteiger charge is -2.17. The van der Waals surface area contributed by atoms with E-state index in [2.05, 4.69) is 10.5 Å². The van der Waals surface area contributed by atoms with Gasteiger partial charge in [-0.3, -0.25) is 4.79 Å². The molecule has 0 spiro atoms. The van der Waals surface area contributed by atoms with Gasteiger partial charge in [-0.05, 0) is 31.0 Å². The van der Waals surface area contributed by atoms with E-state index in [4.69, 9.17) is 0 Å². The van der Waals surface area contributed by atoms with Crippen molar-refractivity contribution in [3.05, 3.63) is 29.6 Å². The number of fused-ring (bicyclic) bond motifs is 1. The zero-order valence-electron chi connectivity index (χ0n) is 9.78. The molecule has 1 amide bonds. The molecule has 0 unspecified atom stereocenters. The van der Waals surface area contributed by atoms with E-state index in [0.717, 1.165) is 41.2 Å². The minimum atomic E-state index is -0.266. The Labute approximate surface area is 109 Å². The fourth-order valence-corrected chi connectivity index (χ4v) is 2.93. The summed E-state index contributed by atoms with van der Waals surface area (Å²) < 4.78 is 13.3. The molecule has 0 atom stereocenters. The van der Waals surface area contributed by atoms with Crippen LogP contribution in [-0.2, 0) is 4.79 Å². The summed E-state index contributed by atoms with van der Waals surface area (Å²) in [4.78, 5) is 12.6. The Hall–Kier alpha value is -1.36. The van der Waals surface area contributed by atoms with Crippen LogP contribution in [0.15, 0.2) is 28.2 Å². The van der Waals surface area contributed by atoms with Gasteiger partial charge in [0.25, 0.3) is 0 Å². The highest BCUT2D eigenvalue weighted by Gasteiger charge is 2.29. The van der Waals surface area contributed by atoms with Crippen molar-refractivity contribution >= 4 is 23.4 Å². The lowest BCUT2D eigenvalue weighted by molar-refractivity contribution is -0.122. The Kier molecular flexibility index (Phi) is 3.07. The molecular weight excluding hydrogens is 251 g/mol. The van der Waals surface area contributed by atoms with E-state index in [1.165, 1.54) is 12.1 Å². The van der Waals surface area contributed by atoms with Crippen LogP contribution in [0, 0.1) is 11.7 Å². The number of benzene rings is 1. The van der Waals surface area contributed by atoms with Crippen molar-refractivity contribution in [2.45, 2.75) is 24.2 Å². The van der Waals surface area contributed by atoms with Gasteiger partial charge in [0.05, 0.1) is 5.71 Å². The number of hydrazone groups is 1. The number of carbonyl (C=O) groups is 1. The van der Waals surface area contributed by atoms with Gasteiger partial charge in [-0.1, -0.05) is 0 Å². The highest BCUT2D eigenvalue weighted by molar-refractivity contribution is 7.99. The van der Waals surface area contributed by atoms with Crippen molar-refractivity contribution in [2.75, 3.05) is 5.75 Å². The van der Waals surface area contributed by atoms with Gasteiger partial charge in [0.2, 0.25) is 5.91 Å². The number of hydrogen-bond donors (Lipinski definition) is 1. The Morgan fingerprint density at radius 1 is 1.44 bits per heavy atom. The molecular formula is C13H13FN2OS. The maximum atomic E-state index is 13.3. The first-order valence-corrected chi connectivity index (χ1v) is 7.02. The Morgan fingerprint density at radius 3 is 3.06 bits per heavy atom. The summed E-state index contributed by atoms with van der Waals surface area (Å²) in [6, 6.07) is 4.72. The summed E-state index contributed by atoms with van der Waals surface area (Å²) in [5.74, 6) is 0.770. The summed E-state index contributed by atoms with van der Waals surface area (Å²) >= 11 is 1.69. The summed E-state index contributed by atoms with van der Waals surface area (Å²) in [6.07, 6.45) is 2.67. The summed E-state index contributed by atoms with van der Waals surface area (Å²) in [6.45, 7) is 0. The van der Waals surface area contributed by atoms with Gasteiger partial charge in [0, 0.05) is 28.6 Å². The molecule has 1 heterocycles. The third kappa shape index (κ3) is 2.41. The Balaban J connectivity index is 1.83. The largest absolute Gasteiger partial charge is 0.273 e. The van der Waals surface area contributed by atoms with Crippen LogP contribution in [0.5, 0.6) is 0 Å². The maximum Gasteiger partial charge on any atom is 0.243 e. The Morgan fingerprint density at radius 2 is 2.28 bits per heavy atom. The maximum absolute atomic E-state index is 13.3. The van der Waals surface area contributed by atoms with E-state index in [1.807, 2.05) is 0 Å². The molecule has 5 heteroatoms. The smallest absolute Gasteiger partial charge is 0.243 e. The van der Waals surface area contributed by atoms with Gasteiger partial charge in [-0.15, -0.1) is 11.8 Å². The van der Waals surface area contributed by atoms with Crippen LogP contribution in [0.25, 0.3) is 0 Å². The number of nitrogens with zero attached hydrogens (tertiary/aromatic N) is 1. The van der Waals surface area contributed by atoms with Crippen LogP contribution in [0.4, 0.5) is 4.39 Å². The SMILES string of the molecule is O=C(N/N=C1/CCSc2ccc(F)cc21)C1CC1. The molecule has 0 saturated heterocycles. The fourth-order valence-electron chi connectivity index (χ4n) is 1.92. The second-order valence-electron chi connectivity index (χ2n) is 4.55. The molecule has 1 aliphatic heterocycles. The van der Waals surface area contributed by atoms with Crippen LogP contribution in [0.1, 0.15) is 24.8 Å². The second kappa shape index (κ2) is 4.72. The van der Waals surface area contributed by atoms with Crippen molar-refractivity contribution in [3.8, 4) is 0 Å². The number of carbonyl (C=O) groups excluding carboxylic acids is 1. The van der Waals surface area contributed by atoms with Crippen LogP contribution in [-0.4, -0.2) is 17.4 Å². The van der Waals surface area contributed by atoms with Crippen molar-refractivity contribution in [1.82, 2.24) is 5.43 Å². The van der Waals surface area contributed by atoms with E-state index >= 15 is 0 Å². The van der Waals surface area contributed by atoms with Gasteiger partial charge < -0.3 is 0 Å². The molecule has 94 valence electrons. The highest BCUT2D eigenvalue weighted by Crippen LogP contribution is 2.31. The molecule has 3 nitrogen and oxygen atoms in total. The first-order chi connectivity index (χ1) is 8.74. The molecule has 1 saturated carbocycles. The average molecular weight is 264 g/mol. The van der Waals surface area contributed by atoms with Crippen molar-refractivity contribution in [3.63, 3.8) is 0 Å². The summed E-state index contributed by atoms with van der Waals surface area (Å²) in [5, 5.41) is 4.16. The quantitative estimate of drug-likeness (QED) is 0.834. The third-order valence-corrected chi connectivity index (χ3v) is 4.17. The lowest BCUT2D eigenvalue weighted by Crippen LogP contribution is -2.22. The number of thioether (sulfide) groups is 1. The molecule has 0 radical (unpaired) electrons. The summed E-state index contributed by atoms with van der Waals surface area (Å²) in [5.41, 5.74) is 4.17. The van der Waals surface area contributed by atoms with Crippen molar-refractivity contribution in [2.24, 2.45) is 11.0 Å². The van der Waals surface area contributed by atoms with Gasteiger partial charge in [-0.2, -0.15) is 5.10 Å². The molecule has 0 aromatic heterocycles. The number of halogens is 1. The first-order valence-electron chi connectivity index (χ1n) is 6.03. The first kappa shape index (κ1) is 11.7. The minimum Gasteiger partial charge on any atom is -0.273 e. The number of rotatable bonds is 2. The monoisotopic (exact) mass is 264 g/mol. The number of amides is 1. The standard InChI is InChI=1S/C13H13FN2OS/c14-9-3-4-12-10(7-9)11(5-6-18-12)15-16-13(17)8-1-2-8/h3-4,7-8H,1-2,5-6H2,(H,16,17)/b15-11-. The normalized spacial score (nSPS) is 20.6. The molecule has 3 rings (SSSR count). The lowest BCUT2D eigenvalue weighted by atomic mass is 10.1. The molecule has 0 bridgehead atoms. The predicted molar refractivity (Wildman–Crippen MR) is 69.1 cm³/mol.